The Morgan fingerprint density at radius 2 is 1.86 bits per heavy atom. The molecule has 0 saturated carbocycles. The van der Waals surface area contributed by atoms with Gasteiger partial charge in [0.1, 0.15) is 0 Å². The van der Waals surface area contributed by atoms with E-state index in [2.05, 4.69) is 35.2 Å². The minimum Gasteiger partial charge on any atom is -0.322 e. The molecule has 1 aromatic heterocycles. The van der Waals surface area contributed by atoms with Gasteiger partial charge in [-0.15, -0.1) is 24.8 Å². The minimum atomic E-state index is 0. The van der Waals surface area contributed by atoms with Gasteiger partial charge in [-0.05, 0) is 20.0 Å². The van der Waals surface area contributed by atoms with Crippen LogP contribution >= 0.6 is 24.8 Å². The highest BCUT2D eigenvalue weighted by molar-refractivity contribution is 5.85. The summed E-state index contributed by atoms with van der Waals surface area (Å²) in [5.41, 5.74) is 0. The Morgan fingerprint density at radius 3 is 2.21 bits per heavy atom. The highest BCUT2D eigenvalue weighted by Crippen LogP contribution is 2.10. The van der Waals surface area contributed by atoms with Crippen LogP contribution in [-0.4, -0.2) is 27.5 Å². The molecule has 1 unspecified atom stereocenters. The summed E-state index contributed by atoms with van der Waals surface area (Å²) in [6.07, 6.45) is 6.11. The summed E-state index contributed by atoms with van der Waals surface area (Å²) in [4.78, 5) is 6.41. The van der Waals surface area contributed by atoms with Gasteiger partial charge in [0, 0.05) is 12.4 Å². The van der Waals surface area contributed by atoms with Crippen molar-refractivity contribution in [2.24, 2.45) is 0 Å². The monoisotopic (exact) mass is 239 g/mol. The fraction of sp³-hybridized carbons (Fsp3) is 0.667. The van der Waals surface area contributed by atoms with E-state index in [1.165, 1.54) is 0 Å². The standard InChI is InChI=1S/C9H17N3.2ClH/c1-4-11(5-2)9(3)12-7-6-10-8-12;;/h6-9H,4-5H2,1-3H3;2*1H. The molecule has 0 spiro atoms. The van der Waals surface area contributed by atoms with Crippen LogP contribution in [0, 0.1) is 0 Å². The van der Waals surface area contributed by atoms with Crippen molar-refractivity contribution < 1.29 is 0 Å². The van der Waals surface area contributed by atoms with Crippen LogP contribution in [-0.2, 0) is 0 Å². The average Bonchev–Trinajstić information content (AvgIpc) is 2.58. The number of hydrogen-bond acceptors (Lipinski definition) is 2. The van der Waals surface area contributed by atoms with Crippen molar-refractivity contribution in [3.05, 3.63) is 18.7 Å². The van der Waals surface area contributed by atoms with Crippen molar-refractivity contribution in [2.45, 2.75) is 26.9 Å². The summed E-state index contributed by atoms with van der Waals surface area (Å²) in [6, 6.07) is 0. The number of rotatable bonds is 4. The second kappa shape index (κ2) is 8.09. The predicted octanol–water partition coefficient (Wildman–Crippen LogP) is 2.59. The predicted molar refractivity (Wildman–Crippen MR) is 64.4 cm³/mol. The molecular formula is C9H19Cl2N3. The summed E-state index contributed by atoms with van der Waals surface area (Å²) < 4.78 is 2.12. The summed E-state index contributed by atoms with van der Waals surface area (Å²) >= 11 is 0. The van der Waals surface area contributed by atoms with Crippen molar-refractivity contribution in [1.29, 1.82) is 0 Å². The van der Waals surface area contributed by atoms with Crippen LogP contribution in [0.2, 0.25) is 0 Å². The zero-order chi connectivity index (χ0) is 8.97. The van der Waals surface area contributed by atoms with E-state index >= 15 is 0 Å². The Hall–Kier alpha value is -0.250. The molecule has 0 aromatic carbocycles. The van der Waals surface area contributed by atoms with Gasteiger partial charge in [-0.3, -0.25) is 4.90 Å². The lowest BCUT2D eigenvalue weighted by Gasteiger charge is -2.26. The first kappa shape index (κ1) is 16.2. The lowest BCUT2D eigenvalue weighted by Crippen LogP contribution is -2.29. The molecule has 0 radical (unpaired) electrons. The first-order valence-corrected chi connectivity index (χ1v) is 4.51. The zero-order valence-corrected chi connectivity index (χ0v) is 10.5. The van der Waals surface area contributed by atoms with Gasteiger partial charge in [-0.2, -0.15) is 0 Å². The van der Waals surface area contributed by atoms with Gasteiger partial charge in [-0.1, -0.05) is 13.8 Å². The molecule has 1 heterocycles. The van der Waals surface area contributed by atoms with E-state index in [1.54, 1.807) is 0 Å². The van der Waals surface area contributed by atoms with E-state index < -0.39 is 0 Å². The quantitative estimate of drug-likeness (QED) is 0.806. The first-order valence-electron chi connectivity index (χ1n) is 4.51. The van der Waals surface area contributed by atoms with Gasteiger partial charge in [-0.25, -0.2) is 4.98 Å². The Balaban J connectivity index is 0. The van der Waals surface area contributed by atoms with Gasteiger partial charge in [0.05, 0.1) is 12.5 Å². The topological polar surface area (TPSA) is 21.1 Å². The molecule has 0 aliphatic rings. The molecule has 0 bridgehead atoms. The third kappa shape index (κ3) is 3.86. The normalized spacial score (nSPS) is 11.7. The lowest BCUT2D eigenvalue weighted by atomic mass is 10.4. The highest BCUT2D eigenvalue weighted by Gasteiger charge is 2.09. The van der Waals surface area contributed by atoms with Crippen LogP contribution in [0.1, 0.15) is 26.9 Å². The molecule has 5 heteroatoms. The van der Waals surface area contributed by atoms with Crippen LogP contribution in [0.3, 0.4) is 0 Å². The summed E-state index contributed by atoms with van der Waals surface area (Å²) in [5.74, 6) is 0. The molecule has 1 atom stereocenters. The third-order valence-electron chi connectivity index (χ3n) is 2.30. The van der Waals surface area contributed by atoms with Crippen molar-refractivity contribution in [2.75, 3.05) is 13.1 Å². The van der Waals surface area contributed by atoms with Gasteiger partial charge < -0.3 is 4.57 Å². The Bertz CT molecular complexity index is 210. The molecular weight excluding hydrogens is 221 g/mol. The van der Waals surface area contributed by atoms with Crippen molar-refractivity contribution >= 4 is 24.8 Å². The van der Waals surface area contributed by atoms with Gasteiger partial charge in [0.25, 0.3) is 0 Å². The molecule has 0 aliphatic carbocycles. The number of nitrogens with zero attached hydrogens (tertiary/aromatic N) is 3. The van der Waals surface area contributed by atoms with Gasteiger partial charge in [0.15, 0.2) is 0 Å². The van der Waals surface area contributed by atoms with Crippen LogP contribution in [0.25, 0.3) is 0 Å². The van der Waals surface area contributed by atoms with Crippen molar-refractivity contribution in [3.63, 3.8) is 0 Å². The average molecular weight is 240 g/mol. The lowest BCUT2D eigenvalue weighted by molar-refractivity contribution is 0.172. The Labute approximate surface area is 98.3 Å². The number of hydrogen-bond donors (Lipinski definition) is 0. The highest BCUT2D eigenvalue weighted by atomic mass is 35.5. The molecule has 0 fully saturated rings. The van der Waals surface area contributed by atoms with E-state index in [9.17, 15) is 0 Å². The fourth-order valence-corrected chi connectivity index (χ4v) is 1.43. The van der Waals surface area contributed by atoms with Crippen LogP contribution < -0.4 is 0 Å². The SMILES string of the molecule is CCN(CC)C(C)n1ccnc1.Cl.Cl. The molecule has 0 saturated heterocycles. The maximum absolute atomic E-state index is 4.03. The largest absolute Gasteiger partial charge is 0.322 e. The Morgan fingerprint density at radius 1 is 1.29 bits per heavy atom. The van der Waals surface area contributed by atoms with Crippen LogP contribution in [0.5, 0.6) is 0 Å². The summed E-state index contributed by atoms with van der Waals surface area (Å²) in [5, 5.41) is 0. The number of imidazole rings is 1. The molecule has 3 nitrogen and oxygen atoms in total. The Kier molecular flexibility index (Phi) is 9.36. The first-order chi connectivity index (χ1) is 5.79. The molecule has 0 aliphatic heterocycles. The molecule has 14 heavy (non-hydrogen) atoms. The third-order valence-corrected chi connectivity index (χ3v) is 2.30. The molecule has 0 amide bonds. The molecule has 1 rings (SSSR count). The zero-order valence-electron chi connectivity index (χ0n) is 8.88. The van der Waals surface area contributed by atoms with Crippen molar-refractivity contribution in [1.82, 2.24) is 14.5 Å². The van der Waals surface area contributed by atoms with Gasteiger partial charge in [0.2, 0.25) is 0 Å². The van der Waals surface area contributed by atoms with E-state index in [0.717, 1.165) is 13.1 Å². The fourth-order valence-electron chi connectivity index (χ4n) is 1.43. The van der Waals surface area contributed by atoms with Crippen LogP contribution in [0.4, 0.5) is 0 Å². The summed E-state index contributed by atoms with van der Waals surface area (Å²) in [7, 11) is 0. The second-order valence-corrected chi connectivity index (χ2v) is 2.86. The van der Waals surface area contributed by atoms with E-state index in [-0.39, 0.29) is 24.8 Å². The van der Waals surface area contributed by atoms with Crippen LogP contribution in [0.15, 0.2) is 18.7 Å². The second-order valence-electron chi connectivity index (χ2n) is 2.86. The summed E-state index contributed by atoms with van der Waals surface area (Å²) in [6.45, 7) is 8.70. The maximum atomic E-state index is 4.03. The number of aromatic nitrogens is 2. The smallest absolute Gasteiger partial charge is 0.0959 e. The van der Waals surface area contributed by atoms with Gasteiger partial charge >= 0.3 is 0 Å². The molecule has 0 N–H and O–H groups in total. The van der Waals surface area contributed by atoms with E-state index in [4.69, 9.17) is 0 Å². The minimum absolute atomic E-state index is 0. The van der Waals surface area contributed by atoms with Crippen molar-refractivity contribution in [3.8, 4) is 0 Å². The maximum Gasteiger partial charge on any atom is 0.0959 e. The molecule has 84 valence electrons. The van der Waals surface area contributed by atoms with E-state index in [0.29, 0.717) is 6.17 Å². The molecule has 1 aromatic rings. The van der Waals surface area contributed by atoms with E-state index in [1.807, 2.05) is 18.7 Å². The number of halogens is 2.